The molecule has 0 saturated carbocycles. The number of nitrogens with zero attached hydrogens (tertiary/aromatic N) is 4. The van der Waals surface area contributed by atoms with Gasteiger partial charge in [-0.2, -0.15) is 4.98 Å². The van der Waals surface area contributed by atoms with Crippen molar-refractivity contribution < 1.29 is 14.1 Å². The SMILES string of the molecule is CCNC(=NCc1nc(-c2cccc(Cl)c2)no1)N1CCC(NC(=O)OC(C)(C)C)C1. The minimum absolute atomic E-state index is 0.00320. The second-order valence-corrected chi connectivity index (χ2v) is 8.71. The van der Waals surface area contributed by atoms with Gasteiger partial charge in [-0.15, -0.1) is 0 Å². The number of nitrogens with one attached hydrogen (secondary N) is 2. The van der Waals surface area contributed by atoms with Crippen LogP contribution in [0.4, 0.5) is 4.79 Å². The number of guanidine groups is 1. The highest BCUT2D eigenvalue weighted by molar-refractivity contribution is 6.30. The second kappa shape index (κ2) is 10.00. The number of alkyl carbamates (subject to hydrolysis) is 1. The molecule has 10 heteroatoms. The molecule has 2 N–H and O–H groups in total. The first-order valence-corrected chi connectivity index (χ1v) is 10.7. The Labute approximate surface area is 187 Å². The molecule has 1 aliphatic heterocycles. The van der Waals surface area contributed by atoms with Crippen LogP contribution in [0.5, 0.6) is 0 Å². The first kappa shape index (κ1) is 22.9. The fourth-order valence-corrected chi connectivity index (χ4v) is 3.37. The van der Waals surface area contributed by atoms with Crippen molar-refractivity contribution in [1.29, 1.82) is 0 Å². The van der Waals surface area contributed by atoms with E-state index in [4.69, 9.17) is 20.9 Å². The Kier molecular flexibility index (Phi) is 7.37. The van der Waals surface area contributed by atoms with Crippen molar-refractivity contribution >= 4 is 23.7 Å². The third-order valence-corrected chi connectivity index (χ3v) is 4.69. The largest absolute Gasteiger partial charge is 0.444 e. The summed E-state index contributed by atoms with van der Waals surface area (Å²) >= 11 is 6.03. The lowest BCUT2D eigenvalue weighted by Crippen LogP contribution is -2.44. The van der Waals surface area contributed by atoms with Gasteiger partial charge in [0.25, 0.3) is 0 Å². The lowest BCUT2D eigenvalue weighted by atomic mass is 10.2. The van der Waals surface area contributed by atoms with Gasteiger partial charge in [-0.25, -0.2) is 9.79 Å². The topological polar surface area (TPSA) is 105 Å². The van der Waals surface area contributed by atoms with Crippen LogP contribution in [-0.4, -0.2) is 58.4 Å². The number of benzene rings is 1. The number of carbonyl (C=O) groups excluding carboxylic acids is 1. The molecule has 1 unspecified atom stereocenters. The number of hydrogen-bond acceptors (Lipinski definition) is 6. The van der Waals surface area contributed by atoms with Crippen LogP contribution in [0.25, 0.3) is 11.4 Å². The van der Waals surface area contributed by atoms with Gasteiger partial charge in [-0.3, -0.25) is 0 Å². The van der Waals surface area contributed by atoms with Gasteiger partial charge in [-0.05, 0) is 46.2 Å². The number of halogens is 1. The lowest BCUT2D eigenvalue weighted by molar-refractivity contribution is 0.0507. The first-order chi connectivity index (χ1) is 14.7. The summed E-state index contributed by atoms with van der Waals surface area (Å²) in [5.41, 5.74) is 0.265. The van der Waals surface area contributed by atoms with Crippen molar-refractivity contribution in [2.75, 3.05) is 19.6 Å². The number of amides is 1. The normalized spacial score (nSPS) is 17.0. The Morgan fingerprint density at radius 3 is 2.94 bits per heavy atom. The van der Waals surface area contributed by atoms with Crippen molar-refractivity contribution in [1.82, 2.24) is 25.7 Å². The number of aliphatic imine (C=N–C) groups is 1. The number of ether oxygens (including phenoxy) is 1. The molecule has 168 valence electrons. The van der Waals surface area contributed by atoms with Crippen LogP contribution in [0.2, 0.25) is 5.02 Å². The van der Waals surface area contributed by atoms with Crippen molar-refractivity contribution in [3.63, 3.8) is 0 Å². The molecule has 0 bridgehead atoms. The minimum atomic E-state index is -0.521. The van der Waals surface area contributed by atoms with Gasteiger partial charge in [0, 0.05) is 30.2 Å². The molecular formula is C21H29ClN6O3. The van der Waals surface area contributed by atoms with Gasteiger partial charge in [0.15, 0.2) is 5.96 Å². The van der Waals surface area contributed by atoms with Crippen LogP contribution in [0.3, 0.4) is 0 Å². The smallest absolute Gasteiger partial charge is 0.407 e. The van der Waals surface area contributed by atoms with Gasteiger partial charge in [-0.1, -0.05) is 28.9 Å². The molecule has 1 aromatic heterocycles. The van der Waals surface area contributed by atoms with E-state index in [2.05, 4.69) is 30.7 Å². The standard InChI is InChI=1S/C21H29ClN6O3/c1-5-23-19(28-10-9-16(13-28)25-20(29)30-21(2,3)4)24-12-17-26-18(27-31-17)14-7-6-8-15(22)11-14/h6-8,11,16H,5,9-10,12-13H2,1-4H3,(H,23,24)(H,25,29). The maximum Gasteiger partial charge on any atom is 0.407 e. The number of rotatable bonds is 5. The van der Waals surface area contributed by atoms with E-state index in [1.165, 1.54) is 0 Å². The Morgan fingerprint density at radius 1 is 1.42 bits per heavy atom. The molecule has 31 heavy (non-hydrogen) atoms. The zero-order valence-corrected chi connectivity index (χ0v) is 19.1. The van der Waals surface area contributed by atoms with E-state index in [9.17, 15) is 4.79 Å². The summed E-state index contributed by atoms with van der Waals surface area (Å²) in [6.07, 6.45) is 0.407. The number of aromatic nitrogens is 2. The zero-order chi connectivity index (χ0) is 22.4. The summed E-state index contributed by atoms with van der Waals surface area (Å²) < 4.78 is 10.7. The average molecular weight is 449 g/mol. The molecule has 3 rings (SSSR count). The highest BCUT2D eigenvalue weighted by Gasteiger charge is 2.28. The maximum atomic E-state index is 12.0. The average Bonchev–Trinajstić information content (AvgIpc) is 3.33. The third-order valence-electron chi connectivity index (χ3n) is 4.46. The quantitative estimate of drug-likeness (QED) is 0.533. The molecule has 1 atom stereocenters. The fraction of sp³-hybridized carbons (Fsp3) is 0.524. The van der Waals surface area contributed by atoms with E-state index in [1.807, 2.05) is 39.8 Å². The van der Waals surface area contributed by atoms with Crippen molar-refractivity contribution in [2.24, 2.45) is 4.99 Å². The van der Waals surface area contributed by atoms with E-state index in [1.54, 1.807) is 12.1 Å². The summed E-state index contributed by atoms with van der Waals surface area (Å²) in [5, 5.41) is 10.8. The van der Waals surface area contributed by atoms with Crippen molar-refractivity contribution in [3.05, 3.63) is 35.2 Å². The van der Waals surface area contributed by atoms with Crippen molar-refractivity contribution in [3.8, 4) is 11.4 Å². The molecule has 0 aliphatic carbocycles. The Hall–Kier alpha value is -2.81. The molecule has 1 saturated heterocycles. The summed E-state index contributed by atoms with van der Waals surface area (Å²) in [6, 6.07) is 7.28. The minimum Gasteiger partial charge on any atom is -0.444 e. The van der Waals surface area contributed by atoms with Gasteiger partial charge >= 0.3 is 6.09 Å². The highest BCUT2D eigenvalue weighted by atomic mass is 35.5. The van der Waals surface area contributed by atoms with Gasteiger partial charge < -0.3 is 24.8 Å². The third kappa shape index (κ3) is 6.85. The van der Waals surface area contributed by atoms with Crippen LogP contribution in [0.1, 0.15) is 40.0 Å². The number of hydrogen-bond donors (Lipinski definition) is 2. The van der Waals surface area contributed by atoms with Gasteiger partial charge in [0.05, 0.1) is 6.04 Å². The van der Waals surface area contributed by atoms with E-state index in [-0.39, 0.29) is 12.6 Å². The van der Waals surface area contributed by atoms with Crippen LogP contribution in [0, 0.1) is 0 Å². The fourth-order valence-electron chi connectivity index (χ4n) is 3.18. The number of carbonyl (C=O) groups is 1. The molecule has 2 heterocycles. The van der Waals surface area contributed by atoms with Crippen LogP contribution < -0.4 is 10.6 Å². The lowest BCUT2D eigenvalue weighted by Gasteiger charge is -2.23. The second-order valence-electron chi connectivity index (χ2n) is 8.27. The Bertz CT molecular complexity index is 924. The molecule has 0 spiro atoms. The molecule has 2 aromatic rings. The van der Waals surface area contributed by atoms with E-state index < -0.39 is 11.7 Å². The van der Waals surface area contributed by atoms with Crippen LogP contribution in [0.15, 0.2) is 33.8 Å². The van der Waals surface area contributed by atoms with Crippen molar-refractivity contribution in [2.45, 2.75) is 52.3 Å². The first-order valence-electron chi connectivity index (χ1n) is 10.3. The molecule has 1 fully saturated rings. The monoisotopic (exact) mass is 448 g/mol. The zero-order valence-electron chi connectivity index (χ0n) is 18.3. The summed E-state index contributed by atoms with van der Waals surface area (Å²) in [4.78, 5) is 23.2. The van der Waals surface area contributed by atoms with E-state index >= 15 is 0 Å². The Morgan fingerprint density at radius 2 is 2.23 bits per heavy atom. The van der Waals surface area contributed by atoms with Crippen LogP contribution in [-0.2, 0) is 11.3 Å². The maximum absolute atomic E-state index is 12.0. The molecule has 9 nitrogen and oxygen atoms in total. The number of likely N-dealkylation sites (tertiary alicyclic amines) is 1. The summed E-state index contributed by atoms with van der Waals surface area (Å²) in [7, 11) is 0. The van der Waals surface area contributed by atoms with Crippen LogP contribution >= 0.6 is 11.6 Å². The summed E-state index contributed by atoms with van der Waals surface area (Å²) in [6.45, 7) is 9.92. The van der Waals surface area contributed by atoms with E-state index in [0.717, 1.165) is 31.0 Å². The predicted molar refractivity (Wildman–Crippen MR) is 119 cm³/mol. The van der Waals surface area contributed by atoms with E-state index in [0.29, 0.717) is 23.3 Å². The Balaban J connectivity index is 1.60. The van der Waals surface area contributed by atoms with Gasteiger partial charge in [0.1, 0.15) is 12.1 Å². The molecule has 0 radical (unpaired) electrons. The molecular weight excluding hydrogens is 420 g/mol. The highest BCUT2D eigenvalue weighted by Crippen LogP contribution is 2.20. The molecule has 1 aromatic carbocycles. The predicted octanol–water partition coefficient (Wildman–Crippen LogP) is 3.45. The van der Waals surface area contributed by atoms with Gasteiger partial charge in [0.2, 0.25) is 11.7 Å². The molecule has 1 amide bonds. The summed E-state index contributed by atoms with van der Waals surface area (Å²) in [5.74, 6) is 1.62. The molecule has 1 aliphatic rings.